The number of fused-ring (bicyclic) bond motifs is 2. The van der Waals surface area contributed by atoms with Crippen molar-refractivity contribution in [1.29, 1.82) is 5.26 Å². The van der Waals surface area contributed by atoms with E-state index in [-0.39, 0.29) is 10.4 Å². The summed E-state index contributed by atoms with van der Waals surface area (Å²) in [6.45, 7) is 0.650. The van der Waals surface area contributed by atoms with Crippen molar-refractivity contribution in [2.24, 2.45) is 4.99 Å². The highest BCUT2D eigenvalue weighted by Crippen LogP contribution is 2.30. The largest absolute Gasteiger partial charge is 0.317 e. The molecule has 5 rings (SSSR count). The number of aromatic nitrogens is 2. The Bertz CT molecular complexity index is 1370. The average Bonchev–Trinajstić information content (AvgIpc) is 3.35. The first-order chi connectivity index (χ1) is 15.1. The van der Waals surface area contributed by atoms with Gasteiger partial charge < -0.3 is 5.32 Å². The van der Waals surface area contributed by atoms with Gasteiger partial charge in [0.05, 0.1) is 42.6 Å². The summed E-state index contributed by atoms with van der Waals surface area (Å²) in [5.41, 5.74) is 3.78. The number of nitrogens with one attached hydrogen (secondary N) is 1. The van der Waals surface area contributed by atoms with Crippen LogP contribution in [0.15, 0.2) is 95.5 Å². The van der Waals surface area contributed by atoms with Gasteiger partial charge >= 0.3 is 5.91 Å². The van der Waals surface area contributed by atoms with Crippen molar-refractivity contribution in [3.8, 4) is 6.07 Å². The first-order valence-electron chi connectivity index (χ1n) is 9.85. The summed E-state index contributed by atoms with van der Waals surface area (Å²) in [5, 5.41) is 17.5. The molecule has 3 heterocycles. The first kappa shape index (κ1) is 18.7. The second kappa shape index (κ2) is 7.20. The van der Waals surface area contributed by atoms with Gasteiger partial charge in [-0.1, -0.05) is 36.4 Å². The van der Waals surface area contributed by atoms with Crippen LogP contribution in [0.1, 0.15) is 5.56 Å². The molecule has 0 radical (unpaired) electrons. The highest BCUT2D eigenvalue weighted by Gasteiger charge is 2.42. The number of hydrogen-bond donors (Lipinski definition) is 1. The summed E-state index contributed by atoms with van der Waals surface area (Å²) < 4.78 is 2.05. The van der Waals surface area contributed by atoms with Gasteiger partial charge in [0.15, 0.2) is 0 Å². The molecule has 7 nitrogen and oxygen atoms in total. The number of amides is 1. The molecule has 1 atom stereocenters. The van der Waals surface area contributed by atoms with Crippen LogP contribution in [0.3, 0.4) is 0 Å². The molecule has 0 spiro atoms. The van der Waals surface area contributed by atoms with E-state index in [1.54, 1.807) is 30.7 Å². The zero-order valence-electron chi connectivity index (χ0n) is 16.9. The molecule has 0 saturated heterocycles. The molecule has 0 saturated carbocycles. The number of nitriles is 1. The van der Waals surface area contributed by atoms with Gasteiger partial charge in [0.25, 0.3) is 0 Å². The summed E-state index contributed by atoms with van der Waals surface area (Å²) in [6.07, 6.45) is 8.54. The van der Waals surface area contributed by atoms with Crippen molar-refractivity contribution in [2.45, 2.75) is 6.54 Å². The number of aliphatic imine (C=N–C) groups is 1. The molecule has 1 aromatic heterocycles. The van der Waals surface area contributed by atoms with E-state index >= 15 is 0 Å². The van der Waals surface area contributed by atoms with Gasteiger partial charge in [0, 0.05) is 17.5 Å². The smallest absolute Gasteiger partial charge is 0.312 e. The van der Waals surface area contributed by atoms with Crippen LogP contribution in [-0.2, 0) is 11.3 Å². The lowest BCUT2D eigenvalue weighted by atomic mass is 10.1. The third-order valence-electron chi connectivity index (χ3n) is 5.60. The fraction of sp³-hybridized carbons (Fsp3) is 0.0833. The van der Waals surface area contributed by atoms with Crippen molar-refractivity contribution in [2.75, 3.05) is 12.4 Å². The Balaban J connectivity index is 1.41. The minimum atomic E-state index is -0.247. The molecule has 150 valence electrons. The monoisotopic (exact) mass is 407 g/mol. The SMILES string of the molecule is C[N+]12C=CC(C#N)=CC1=NC=C2C(=O)Nc1cccc2c1cnn2Cc1ccccc1. The molecule has 1 unspecified atom stereocenters. The zero-order chi connectivity index (χ0) is 21.4. The number of nitrogens with zero attached hydrogens (tertiary/aromatic N) is 5. The topological polar surface area (TPSA) is 83.1 Å². The highest BCUT2D eigenvalue weighted by atomic mass is 16.2. The number of likely N-dealkylation sites (N-methyl/N-ethyl adjacent to an activating group) is 1. The molecule has 3 aromatic rings. The molecule has 0 bridgehead atoms. The summed E-state index contributed by atoms with van der Waals surface area (Å²) in [4.78, 5) is 17.5. The second-order valence-electron chi connectivity index (χ2n) is 7.58. The van der Waals surface area contributed by atoms with Crippen LogP contribution in [0.25, 0.3) is 10.9 Å². The molecular weight excluding hydrogens is 388 g/mol. The van der Waals surface area contributed by atoms with Gasteiger partial charge in [-0.15, -0.1) is 0 Å². The van der Waals surface area contributed by atoms with Crippen LogP contribution in [-0.4, -0.2) is 33.1 Å². The highest BCUT2D eigenvalue weighted by molar-refractivity contribution is 6.10. The predicted octanol–water partition coefficient (Wildman–Crippen LogP) is 3.70. The summed E-state index contributed by atoms with van der Waals surface area (Å²) in [6, 6.07) is 18.0. The van der Waals surface area contributed by atoms with Gasteiger partial charge in [-0.3, -0.25) is 9.48 Å². The van der Waals surface area contributed by atoms with Crippen molar-refractivity contribution in [3.63, 3.8) is 0 Å². The molecule has 0 aliphatic carbocycles. The van der Waals surface area contributed by atoms with E-state index in [2.05, 4.69) is 33.6 Å². The minimum absolute atomic E-state index is 0.125. The van der Waals surface area contributed by atoms with Crippen LogP contribution in [0.4, 0.5) is 5.69 Å². The van der Waals surface area contributed by atoms with Crippen molar-refractivity contribution < 1.29 is 9.28 Å². The van der Waals surface area contributed by atoms with Crippen LogP contribution in [0, 0.1) is 11.3 Å². The standard InChI is InChI=1S/C24H18N6O/c1-30-11-10-18(13-25)12-23(30)26-15-22(30)24(31)28-20-8-5-9-21-19(20)14-27-29(21)16-17-6-3-2-4-7-17/h2-12,14-15H,16H2,1H3/p+1. The van der Waals surface area contributed by atoms with Gasteiger partial charge in [-0.2, -0.15) is 15.4 Å². The van der Waals surface area contributed by atoms with Crippen LogP contribution in [0.5, 0.6) is 0 Å². The van der Waals surface area contributed by atoms with E-state index in [9.17, 15) is 4.79 Å². The molecule has 31 heavy (non-hydrogen) atoms. The van der Waals surface area contributed by atoms with E-state index in [1.807, 2.05) is 48.1 Å². The number of hydrogen-bond acceptors (Lipinski definition) is 4. The Morgan fingerprint density at radius 1 is 1.19 bits per heavy atom. The Morgan fingerprint density at radius 3 is 2.84 bits per heavy atom. The van der Waals surface area contributed by atoms with Gasteiger partial charge in [-0.05, 0) is 17.7 Å². The molecule has 1 N–H and O–H groups in total. The second-order valence-corrected chi connectivity index (χ2v) is 7.58. The molecular formula is C24H19N6O+. The van der Waals surface area contributed by atoms with E-state index in [1.165, 1.54) is 0 Å². The maximum Gasteiger partial charge on any atom is 0.312 e. The maximum atomic E-state index is 13.2. The molecule has 7 heteroatoms. The maximum absolute atomic E-state index is 13.2. The summed E-state index contributed by atoms with van der Waals surface area (Å²) in [7, 11) is 1.87. The first-order valence-corrected chi connectivity index (χ1v) is 9.85. The zero-order valence-corrected chi connectivity index (χ0v) is 16.9. The molecule has 1 amide bonds. The lowest BCUT2D eigenvalue weighted by molar-refractivity contribution is -0.714. The molecule has 0 fully saturated rings. The third kappa shape index (κ3) is 3.16. The van der Waals surface area contributed by atoms with Crippen LogP contribution >= 0.6 is 0 Å². The Kier molecular flexibility index (Phi) is 4.35. The Hall–Kier alpha value is -4.28. The molecule has 2 aromatic carbocycles. The van der Waals surface area contributed by atoms with Gasteiger partial charge in [-0.25, -0.2) is 4.48 Å². The average molecular weight is 407 g/mol. The van der Waals surface area contributed by atoms with Crippen LogP contribution < -0.4 is 5.32 Å². The lowest BCUT2D eigenvalue weighted by Gasteiger charge is -2.28. The van der Waals surface area contributed by atoms with E-state index in [4.69, 9.17) is 5.26 Å². The summed E-state index contributed by atoms with van der Waals surface area (Å²) >= 11 is 0. The van der Waals surface area contributed by atoms with Crippen molar-refractivity contribution >= 4 is 28.3 Å². The summed E-state index contributed by atoms with van der Waals surface area (Å²) in [5.74, 6) is 0.390. The number of carbonyl (C=O) groups is 1. The number of quaternary nitrogens is 1. The fourth-order valence-corrected chi connectivity index (χ4v) is 3.86. The number of benzene rings is 2. The predicted molar refractivity (Wildman–Crippen MR) is 118 cm³/mol. The van der Waals surface area contributed by atoms with E-state index < -0.39 is 0 Å². The van der Waals surface area contributed by atoms with Gasteiger partial charge in [0.1, 0.15) is 12.4 Å². The fourth-order valence-electron chi connectivity index (χ4n) is 3.86. The number of rotatable bonds is 4. The minimum Gasteiger partial charge on any atom is -0.317 e. The number of anilines is 1. The Labute approximate surface area is 179 Å². The third-order valence-corrected chi connectivity index (χ3v) is 5.60. The number of allylic oxidation sites excluding steroid dienone is 2. The number of amidine groups is 1. The number of carbonyl (C=O) groups excluding carboxylic acids is 1. The van der Waals surface area contributed by atoms with E-state index in [0.29, 0.717) is 29.3 Å². The quantitative estimate of drug-likeness (QED) is 0.670. The van der Waals surface area contributed by atoms with Crippen LogP contribution in [0.2, 0.25) is 0 Å². The van der Waals surface area contributed by atoms with Crippen molar-refractivity contribution in [3.05, 3.63) is 96.1 Å². The molecule has 2 aliphatic heterocycles. The molecule has 2 aliphatic rings. The van der Waals surface area contributed by atoms with Gasteiger partial charge in [0.2, 0.25) is 11.5 Å². The van der Waals surface area contributed by atoms with Crippen molar-refractivity contribution in [1.82, 2.24) is 9.78 Å². The normalized spacial score (nSPS) is 19.3. The Morgan fingerprint density at radius 2 is 2.03 bits per heavy atom. The van der Waals surface area contributed by atoms with E-state index in [0.717, 1.165) is 16.5 Å². The lowest BCUT2D eigenvalue weighted by Crippen LogP contribution is -2.45.